The Hall–Kier alpha value is -0.260. The molecule has 0 aromatic carbocycles. The first-order valence-corrected chi connectivity index (χ1v) is 13.3. The number of allylic oxidation sites excluding steroid dienone is 2. The number of unbranched alkanes of at least 4 members (excludes halogenated alkanes) is 10. The van der Waals surface area contributed by atoms with Gasteiger partial charge in [-0.3, -0.25) is 0 Å². The van der Waals surface area contributed by atoms with E-state index in [9.17, 15) is 0 Å². The second-order valence-electron chi connectivity index (χ2n) is 9.88. The van der Waals surface area contributed by atoms with Gasteiger partial charge in [-0.05, 0) is 37.0 Å². The zero-order chi connectivity index (χ0) is 20.9. The molecule has 0 aliphatic heterocycles. The molecule has 0 aliphatic rings. The molecule has 0 radical (unpaired) electrons. The van der Waals surface area contributed by atoms with E-state index in [1.807, 2.05) is 0 Å². The molecule has 0 aromatic rings. The highest BCUT2D eigenvalue weighted by Gasteiger charge is 2.05. The molecule has 0 saturated heterocycles. The Balaban J connectivity index is 3.54. The maximum atomic E-state index is 2.49. The van der Waals surface area contributed by atoms with Gasteiger partial charge in [0.15, 0.2) is 0 Å². The van der Waals surface area contributed by atoms with Crippen molar-refractivity contribution in [3.63, 3.8) is 0 Å². The van der Waals surface area contributed by atoms with Gasteiger partial charge in [-0.2, -0.15) is 0 Å². The zero-order valence-electron chi connectivity index (χ0n) is 20.6. The Morgan fingerprint density at radius 3 is 1.50 bits per heavy atom. The highest BCUT2D eigenvalue weighted by atomic mass is 14.1. The van der Waals surface area contributed by atoms with E-state index in [4.69, 9.17) is 0 Å². The molecule has 0 heterocycles. The van der Waals surface area contributed by atoms with Crippen LogP contribution in [-0.4, -0.2) is 0 Å². The van der Waals surface area contributed by atoms with Crippen LogP contribution in [0.25, 0.3) is 0 Å². The maximum absolute atomic E-state index is 2.49. The molecular weight excluding hydrogens is 336 g/mol. The molecule has 0 bridgehead atoms. The average Bonchev–Trinajstić information content (AvgIpc) is 2.68. The summed E-state index contributed by atoms with van der Waals surface area (Å²) < 4.78 is 0. The first-order valence-electron chi connectivity index (χ1n) is 13.3. The Labute approximate surface area is 180 Å². The fourth-order valence-electron chi connectivity index (χ4n) is 4.19. The van der Waals surface area contributed by atoms with E-state index in [0.29, 0.717) is 0 Å². The summed E-state index contributed by atoms with van der Waals surface area (Å²) >= 11 is 0. The fourth-order valence-corrected chi connectivity index (χ4v) is 4.19. The van der Waals surface area contributed by atoms with Crippen LogP contribution in [0.15, 0.2) is 12.2 Å². The average molecular weight is 393 g/mol. The summed E-state index contributed by atoms with van der Waals surface area (Å²) in [5.74, 6) is 2.59. The molecule has 0 saturated carbocycles. The van der Waals surface area contributed by atoms with E-state index >= 15 is 0 Å². The van der Waals surface area contributed by atoms with Gasteiger partial charge in [0.25, 0.3) is 0 Å². The van der Waals surface area contributed by atoms with Crippen LogP contribution in [0.3, 0.4) is 0 Å². The Morgan fingerprint density at radius 1 is 0.500 bits per heavy atom. The Morgan fingerprint density at radius 2 is 0.964 bits per heavy atom. The lowest BCUT2D eigenvalue weighted by molar-refractivity contribution is 0.422. The van der Waals surface area contributed by atoms with Gasteiger partial charge in [0, 0.05) is 0 Å². The molecule has 0 nitrogen and oxygen atoms in total. The molecule has 28 heavy (non-hydrogen) atoms. The minimum Gasteiger partial charge on any atom is -0.0883 e. The third-order valence-electron chi connectivity index (χ3n) is 6.51. The monoisotopic (exact) mass is 392 g/mol. The van der Waals surface area contributed by atoms with Gasteiger partial charge in [-0.25, -0.2) is 0 Å². The molecule has 3 atom stereocenters. The second kappa shape index (κ2) is 21.4. The number of rotatable bonds is 21. The van der Waals surface area contributed by atoms with Crippen LogP contribution in [0.2, 0.25) is 0 Å². The standard InChI is InChI=1S/C28H56/c1-6-8-10-12-13-15-17-20-26(3)22-18-19-23-28(5)25-24-27(4)21-16-14-11-9-7-2/h19,23,26-28H,6-18,20-22,24-25H2,1-5H3. The molecule has 0 heteroatoms. The predicted octanol–water partition coefficient (Wildman–Crippen LogP) is 10.5. The van der Waals surface area contributed by atoms with Gasteiger partial charge in [-0.1, -0.05) is 143 Å². The van der Waals surface area contributed by atoms with E-state index in [2.05, 4.69) is 46.8 Å². The molecule has 0 aliphatic carbocycles. The van der Waals surface area contributed by atoms with Crippen LogP contribution in [-0.2, 0) is 0 Å². The van der Waals surface area contributed by atoms with Gasteiger partial charge in [0.05, 0.1) is 0 Å². The van der Waals surface area contributed by atoms with Crippen LogP contribution < -0.4 is 0 Å². The molecule has 0 rings (SSSR count). The lowest BCUT2D eigenvalue weighted by Crippen LogP contribution is -1.99. The van der Waals surface area contributed by atoms with E-state index in [1.165, 1.54) is 116 Å². The van der Waals surface area contributed by atoms with Gasteiger partial charge >= 0.3 is 0 Å². The van der Waals surface area contributed by atoms with Crippen molar-refractivity contribution < 1.29 is 0 Å². The topological polar surface area (TPSA) is 0 Å². The van der Waals surface area contributed by atoms with Crippen molar-refractivity contribution in [1.82, 2.24) is 0 Å². The summed E-state index contributed by atoms with van der Waals surface area (Å²) in [6.45, 7) is 11.9. The van der Waals surface area contributed by atoms with Crippen molar-refractivity contribution in [1.29, 1.82) is 0 Å². The minimum absolute atomic E-state index is 0.765. The molecule has 0 aromatic heterocycles. The summed E-state index contributed by atoms with van der Waals surface area (Å²) in [5.41, 5.74) is 0. The van der Waals surface area contributed by atoms with Crippen LogP contribution in [0, 0.1) is 17.8 Å². The fraction of sp³-hybridized carbons (Fsp3) is 0.929. The maximum Gasteiger partial charge on any atom is -0.0262 e. The molecule has 0 fully saturated rings. The quantitative estimate of drug-likeness (QED) is 0.134. The zero-order valence-corrected chi connectivity index (χ0v) is 20.6. The summed E-state index contributed by atoms with van der Waals surface area (Å²) in [5, 5.41) is 0. The van der Waals surface area contributed by atoms with Crippen molar-refractivity contribution >= 4 is 0 Å². The molecular formula is C28H56. The van der Waals surface area contributed by atoms with Crippen molar-refractivity contribution in [2.75, 3.05) is 0 Å². The Bertz CT molecular complexity index is 316. The van der Waals surface area contributed by atoms with Crippen molar-refractivity contribution in [2.24, 2.45) is 17.8 Å². The van der Waals surface area contributed by atoms with Gasteiger partial charge in [-0.15, -0.1) is 0 Å². The molecule has 168 valence electrons. The van der Waals surface area contributed by atoms with E-state index in [-0.39, 0.29) is 0 Å². The highest BCUT2D eigenvalue weighted by Crippen LogP contribution is 2.20. The summed E-state index contributed by atoms with van der Waals surface area (Å²) in [4.78, 5) is 0. The van der Waals surface area contributed by atoms with E-state index in [1.54, 1.807) is 0 Å². The van der Waals surface area contributed by atoms with Gasteiger partial charge in [0.2, 0.25) is 0 Å². The number of hydrogen-bond acceptors (Lipinski definition) is 0. The van der Waals surface area contributed by atoms with E-state index in [0.717, 1.165) is 17.8 Å². The first-order chi connectivity index (χ1) is 13.6. The van der Waals surface area contributed by atoms with Crippen molar-refractivity contribution in [2.45, 2.75) is 150 Å². The minimum atomic E-state index is 0.765. The first kappa shape index (κ1) is 27.7. The van der Waals surface area contributed by atoms with Crippen LogP contribution >= 0.6 is 0 Å². The third-order valence-corrected chi connectivity index (χ3v) is 6.51. The second-order valence-corrected chi connectivity index (χ2v) is 9.88. The molecule has 0 spiro atoms. The largest absolute Gasteiger partial charge is 0.0883 e. The smallest absolute Gasteiger partial charge is 0.0262 e. The van der Waals surface area contributed by atoms with Crippen molar-refractivity contribution in [3.05, 3.63) is 12.2 Å². The van der Waals surface area contributed by atoms with Crippen LogP contribution in [0.1, 0.15) is 150 Å². The molecule has 3 unspecified atom stereocenters. The van der Waals surface area contributed by atoms with Gasteiger partial charge in [0.1, 0.15) is 0 Å². The lowest BCUT2D eigenvalue weighted by atomic mass is 9.93. The van der Waals surface area contributed by atoms with Crippen LogP contribution in [0.5, 0.6) is 0 Å². The predicted molar refractivity (Wildman–Crippen MR) is 131 cm³/mol. The third kappa shape index (κ3) is 20.5. The highest BCUT2D eigenvalue weighted by molar-refractivity contribution is 4.86. The lowest BCUT2D eigenvalue weighted by Gasteiger charge is -2.13. The molecule has 0 amide bonds. The SMILES string of the molecule is CCCCCCCCCC(C)CCC=CC(C)CCC(C)CCCCCCC. The normalized spacial score (nSPS) is 15.2. The summed E-state index contributed by atoms with van der Waals surface area (Å²) in [6.07, 6.45) is 30.5. The summed E-state index contributed by atoms with van der Waals surface area (Å²) in [6, 6.07) is 0. The van der Waals surface area contributed by atoms with E-state index < -0.39 is 0 Å². The van der Waals surface area contributed by atoms with Crippen LogP contribution in [0.4, 0.5) is 0 Å². The number of hydrogen-bond donors (Lipinski definition) is 0. The Kier molecular flexibility index (Phi) is 21.2. The van der Waals surface area contributed by atoms with Crippen molar-refractivity contribution in [3.8, 4) is 0 Å². The summed E-state index contributed by atoms with van der Waals surface area (Å²) in [7, 11) is 0. The molecule has 0 N–H and O–H groups in total. The van der Waals surface area contributed by atoms with Gasteiger partial charge < -0.3 is 0 Å².